The lowest BCUT2D eigenvalue weighted by Gasteiger charge is -2.07. The third-order valence-electron chi connectivity index (χ3n) is 3.08. The number of furan rings is 1. The molecule has 0 saturated heterocycles. The Kier molecular flexibility index (Phi) is 2.88. The van der Waals surface area contributed by atoms with Crippen LogP contribution in [0, 0.1) is 27.7 Å². The molecule has 0 bridgehead atoms. The van der Waals surface area contributed by atoms with E-state index in [1.165, 1.54) is 11.8 Å². The fraction of sp³-hybridized carbons (Fsp3) is 0.267. The van der Waals surface area contributed by atoms with E-state index in [1.807, 2.05) is 26.8 Å². The minimum Gasteiger partial charge on any atom is -0.469 e. The van der Waals surface area contributed by atoms with E-state index in [9.17, 15) is 4.79 Å². The summed E-state index contributed by atoms with van der Waals surface area (Å²) in [5, 5.41) is 0. The van der Waals surface area contributed by atoms with Crippen molar-refractivity contribution in [2.24, 2.45) is 0 Å². The van der Waals surface area contributed by atoms with E-state index in [4.69, 9.17) is 4.42 Å². The van der Waals surface area contributed by atoms with Gasteiger partial charge >= 0.3 is 0 Å². The molecule has 2 heteroatoms. The summed E-state index contributed by atoms with van der Waals surface area (Å²) in [6, 6.07) is 5.78. The summed E-state index contributed by atoms with van der Waals surface area (Å²) in [4.78, 5) is 12.3. The lowest BCUT2D eigenvalue weighted by molar-refractivity contribution is 0.103. The van der Waals surface area contributed by atoms with E-state index in [-0.39, 0.29) is 5.78 Å². The van der Waals surface area contributed by atoms with E-state index in [0.29, 0.717) is 5.56 Å². The number of carbonyl (C=O) groups excluding carboxylic acids is 1. The monoisotopic (exact) mass is 228 g/mol. The number of benzene rings is 1. The van der Waals surface area contributed by atoms with Gasteiger partial charge in [0.2, 0.25) is 0 Å². The van der Waals surface area contributed by atoms with Crippen molar-refractivity contribution in [2.75, 3.05) is 0 Å². The van der Waals surface area contributed by atoms with Crippen LogP contribution in [0.4, 0.5) is 0 Å². The third-order valence-corrected chi connectivity index (χ3v) is 3.08. The largest absolute Gasteiger partial charge is 0.469 e. The Labute approximate surface area is 101 Å². The second kappa shape index (κ2) is 4.21. The Morgan fingerprint density at radius 2 is 1.59 bits per heavy atom. The summed E-state index contributed by atoms with van der Waals surface area (Å²) >= 11 is 0. The number of ketones is 1. The van der Waals surface area contributed by atoms with Gasteiger partial charge in [0, 0.05) is 5.56 Å². The van der Waals surface area contributed by atoms with Gasteiger partial charge in [0.1, 0.15) is 12.0 Å². The SMILES string of the molecule is Cc1cc(C(=O)c2cc(C)c(C)cc2C)co1. The van der Waals surface area contributed by atoms with Gasteiger partial charge in [-0.3, -0.25) is 4.79 Å². The molecule has 0 radical (unpaired) electrons. The Bertz CT molecular complexity index is 577. The van der Waals surface area contributed by atoms with Gasteiger partial charge in [-0.15, -0.1) is 0 Å². The van der Waals surface area contributed by atoms with Crippen molar-refractivity contribution in [3.05, 3.63) is 58.0 Å². The highest BCUT2D eigenvalue weighted by atomic mass is 16.3. The van der Waals surface area contributed by atoms with Crippen molar-refractivity contribution in [1.82, 2.24) is 0 Å². The molecule has 0 saturated carbocycles. The van der Waals surface area contributed by atoms with Crippen molar-refractivity contribution in [1.29, 1.82) is 0 Å². The van der Waals surface area contributed by atoms with Crippen LogP contribution in [0.25, 0.3) is 0 Å². The van der Waals surface area contributed by atoms with E-state index in [0.717, 1.165) is 22.5 Å². The Morgan fingerprint density at radius 1 is 0.941 bits per heavy atom. The molecule has 0 aliphatic rings. The van der Waals surface area contributed by atoms with Gasteiger partial charge in [-0.1, -0.05) is 6.07 Å². The summed E-state index contributed by atoms with van der Waals surface area (Å²) in [5.74, 6) is 0.789. The van der Waals surface area contributed by atoms with Crippen LogP contribution in [0.15, 0.2) is 28.9 Å². The molecular weight excluding hydrogens is 212 g/mol. The molecule has 0 spiro atoms. The maximum atomic E-state index is 12.3. The number of carbonyl (C=O) groups is 1. The lowest BCUT2D eigenvalue weighted by Crippen LogP contribution is -2.03. The highest BCUT2D eigenvalue weighted by Gasteiger charge is 2.14. The zero-order valence-electron chi connectivity index (χ0n) is 10.6. The average Bonchev–Trinajstić information content (AvgIpc) is 2.69. The van der Waals surface area contributed by atoms with Gasteiger partial charge in [-0.05, 0) is 56.5 Å². The van der Waals surface area contributed by atoms with Gasteiger partial charge < -0.3 is 4.42 Å². The number of hydrogen-bond acceptors (Lipinski definition) is 2. The number of hydrogen-bond donors (Lipinski definition) is 0. The van der Waals surface area contributed by atoms with Crippen molar-refractivity contribution in [3.63, 3.8) is 0 Å². The smallest absolute Gasteiger partial charge is 0.196 e. The van der Waals surface area contributed by atoms with E-state index in [2.05, 4.69) is 13.0 Å². The predicted octanol–water partition coefficient (Wildman–Crippen LogP) is 3.74. The minimum atomic E-state index is 0.0300. The second-order valence-corrected chi connectivity index (χ2v) is 4.53. The van der Waals surface area contributed by atoms with Crippen molar-refractivity contribution < 1.29 is 9.21 Å². The molecule has 0 unspecified atom stereocenters. The van der Waals surface area contributed by atoms with Crippen LogP contribution in [0.3, 0.4) is 0 Å². The van der Waals surface area contributed by atoms with Crippen molar-refractivity contribution >= 4 is 5.78 Å². The molecule has 17 heavy (non-hydrogen) atoms. The molecule has 0 aliphatic carbocycles. The number of aryl methyl sites for hydroxylation is 4. The second-order valence-electron chi connectivity index (χ2n) is 4.53. The summed E-state index contributed by atoms with van der Waals surface area (Å²) in [7, 11) is 0. The molecule has 0 amide bonds. The molecule has 2 nitrogen and oxygen atoms in total. The first-order chi connectivity index (χ1) is 7.99. The molecule has 0 aliphatic heterocycles. The van der Waals surface area contributed by atoms with Crippen molar-refractivity contribution in [3.8, 4) is 0 Å². The van der Waals surface area contributed by atoms with Gasteiger partial charge in [0.25, 0.3) is 0 Å². The highest BCUT2D eigenvalue weighted by molar-refractivity contribution is 6.09. The summed E-state index contributed by atoms with van der Waals surface area (Å²) < 4.78 is 5.18. The van der Waals surface area contributed by atoms with E-state index >= 15 is 0 Å². The Hall–Kier alpha value is -1.83. The first kappa shape index (κ1) is 11.6. The molecule has 0 N–H and O–H groups in total. The normalized spacial score (nSPS) is 10.6. The standard InChI is InChI=1S/C15H16O2/c1-9-5-11(3)14(6-10(9)2)15(16)13-7-12(4)17-8-13/h5-8H,1-4H3. The van der Waals surface area contributed by atoms with Gasteiger partial charge in [0.15, 0.2) is 5.78 Å². The average molecular weight is 228 g/mol. The zero-order valence-corrected chi connectivity index (χ0v) is 10.6. The third kappa shape index (κ3) is 2.16. The Balaban J connectivity index is 2.47. The van der Waals surface area contributed by atoms with Crippen LogP contribution < -0.4 is 0 Å². The molecule has 0 fully saturated rings. The fourth-order valence-electron chi connectivity index (χ4n) is 1.92. The number of rotatable bonds is 2. The predicted molar refractivity (Wildman–Crippen MR) is 67.5 cm³/mol. The lowest BCUT2D eigenvalue weighted by atomic mass is 9.96. The quantitative estimate of drug-likeness (QED) is 0.733. The van der Waals surface area contributed by atoms with Gasteiger partial charge in [0.05, 0.1) is 5.56 Å². The van der Waals surface area contributed by atoms with E-state index < -0.39 is 0 Å². The van der Waals surface area contributed by atoms with Crippen LogP contribution >= 0.6 is 0 Å². The molecular formula is C15H16O2. The van der Waals surface area contributed by atoms with Crippen LogP contribution in [-0.4, -0.2) is 5.78 Å². The maximum Gasteiger partial charge on any atom is 0.196 e. The molecule has 2 rings (SSSR count). The molecule has 2 aromatic rings. The Morgan fingerprint density at radius 3 is 2.18 bits per heavy atom. The van der Waals surface area contributed by atoms with Gasteiger partial charge in [-0.25, -0.2) is 0 Å². The summed E-state index contributed by atoms with van der Waals surface area (Å²) in [5.41, 5.74) is 4.74. The molecule has 88 valence electrons. The van der Waals surface area contributed by atoms with Gasteiger partial charge in [-0.2, -0.15) is 0 Å². The van der Waals surface area contributed by atoms with Crippen LogP contribution in [0.1, 0.15) is 38.4 Å². The summed E-state index contributed by atoms with van der Waals surface area (Å²) in [6.45, 7) is 7.88. The van der Waals surface area contributed by atoms with Crippen molar-refractivity contribution in [2.45, 2.75) is 27.7 Å². The van der Waals surface area contributed by atoms with E-state index in [1.54, 1.807) is 6.07 Å². The molecule has 1 aromatic carbocycles. The zero-order chi connectivity index (χ0) is 12.6. The van der Waals surface area contributed by atoms with Crippen LogP contribution in [0.5, 0.6) is 0 Å². The highest BCUT2D eigenvalue weighted by Crippen LogP contribution is 2.19. The first-order valence-corrected chi connectivity index (χ1v) is 5.66. The van der Waals surface area contributed by atoms with Crippen LogP contribution in [0.2, 0.25) is 0 Å². The molecule has 0 atom stereocenters. The summed E-state index contributed by atoms with van der Waals surface area (Å²) in [6.07, 6.45) is 1.52. The fourth-order valence-corrected chi connectivity index (χ4v) is 1.92. The topological polar surface area (TPSA) is 30.2 Å². The molecule has 1 heterocycles. The first-order valence-electron chi connectivity index (χ1n) is 5.66. The van der Waals surface area contributed by atoms with Crippen LogP contribution in [-0.2, 0) is 0 Å². The maximum absolute atomic E-state index is 12.3. The minimum absolute atomic E-state index is 0.0300. The molecule has 1 aromatic heterocycles.